The van der Waals surface area contributed by atoms with E-state index in [0.29, 0.717) is 11.0 Å². The molecule has 0 bridgehead atoms. The molecule has 0 saturated heterocycles. The number of hydrogen-bond acceptors (Lipinski definition) is 2. The minimum Gasteiger partial charge on any atom is -0.300 e. The molecule has 0 heterocycles. The van der Waals surface area contributed by atoms with Crippen molar-refractivity contribution < 1.29 is 4.79 Å². The zero-order chi connectivity index (χ0) is 7.98. The molecule has 0 radical (unpaired) electrons. The average Bonchev–Trinajstić information content (AvgIpc) is 1.79. The fraction of sp³-hybridized carbons (Fsp3) is 0.875. The fourth-order valence-corrected chi connectivity index (χ4v) is 1.42. The number of hydrogen-bond donors (Lipinski definition) is 0. The van der Waals surface area contributed by atoms with Crippen molar-refractivity contribution in [1.82, 2.24) is 0 Å². The summed E-state index contributed by atoms with van der Waals surface area (Å²) >= 11 is 1.92. The minimum absolute atomic E-state index is 0.310. The zero-order valence-corrected chi connectivity index (χ0v) is 7.83. The standard InChI is InChI=1S/C8H16OS/c1-7(2)10-6-4-5-8(3)9/h7H,4-6H2,1-3H3. The summed E-state index contributed by atoms with van der Waals surface area (Å²) in [5.74, 6) is 1.43. The highest BCUT2D eigenvalue weighted by Gasteiger charge is 1.95. The van der Waals surface area contributed by atoms with Gasteiger partial charge in [-0.05, 0) is 24.3 Å². The van der Waals surface area contributed by atoms with E-state index in [0.717, 1.165) is 18.6 Å². The monoisotopic (exact) mass is 160 g/mol. The van der Waals surface area contributed by atoms with Gasteiger partial charge in [0.05, 0.1) is 0 Å². The molecule has 1 nitrogen and oxygen atoms in total. The van der Waals surface area contributed by atoms with E-state index < -0.39 is 0 Å². The van der Waals surface area contributed by atoms with E-state index in [-0.39, 0.29) is 0 Å². The molecule has 2 heteroatoms. The third kappa shape index (κ3) is 8.02. The molecular formula is C8H16OS. The summed E-state index contributed by atoms with van der Waals surface area (Å²) < 4.78 is 0. The quantitative estimate of drug-likeness (QED) is 0.575. The topological polar surface area (TPSA) is 17.1 Å². The Morgan fingerprint density at radius 2 is 2.10 bits per heavy atom. The first-order valence-corrected chi connectivity index (χ1v) is 4.79. The molecule has 0 N–H and O–H groups in total. The van der Waals surface area contributed by atoms with Gasteiger partial charge >= 0.3 is 0 Å². The zero-order valence-electron chi connectivity index (χ0n) is 7.02. The van der Waals surface area contributed by atoms with Crippen LogP contribution < -0.4 is 0 Å². The van der Waals surface area contributed by atoms with E-state index in [1.807, 2.05) is 11.8 Å². The normalized spacial score (nSPS) is 10.4. The first-order valence-electron chi connectivity index (χ1n) is 3.74. The van der Waals surface area contributed by atoms with Crippen molar-refractivity contribution in [1.29, 1.82) is 0 Å². The Kier molecular flexibility index (Phi) is 5.79. The van der Waals surface area contributed by atoms with Gasteiger partial charge in [0.15, 0.2) is 0 Å². The van der Waals surface area contributed by atoms with Crippen molar-refractivity contribution in [3.8, 4) is 0 Å². The Morgan fingerprint density at radius 3 is 2.50 bits per heavy atom. The van der Waals surface area contributed by atoms with Crippen LogP contribution in [0.25, 0.3) is 0 Å². The van der Waals surface area contributed by atoms with Crippen LogP contribution in [0.4, 0.5) is 0 Å². The molecule has 0 amide bonds. The highest BCUT2D eigenvalue weighted by atomic mass is 32.2. The predicted octanol–water partition coefficient (Wildman–Crippen LogP) is 2.50. The second-order valence-electron chi connectivity index (χ2n) is 2.73. The van der Waals surface area contributed by atoms with E-state index >= 15 is 0 Å². The Hall–Kier alpha value is 0.0200. The van der Waals surface area contributed by atoms with E-state index in [1.165, 1.54) is 0 Å². The molecule has 0 aromatic rings. The lowest BCUT2D eigenvalue weighted by Crippen LogP contribution is -1.94. The summed E-state index contributed by atoms with van der Waals surface area (Å²) in [7, 11) is 0. The molecule has 0 fully saturated rings. The molecule has 0 atom stereocenters. The number of carbonyl (C=O) groups excluding carboxylic acids is 1. The molecule has 0 aromatic heterocycles. The predicted molar refractivity (Wildman–Crippen MR) is 47.5 cm³/mol. The summed E-state index contributed by atoms with van der Waals surface area (Å²) in [4.78, 5) is 10.5. The minimum atomic E-state index is 0.310. The van der Waals surface area contributed by atoms with Crippen LogP contribution in [0, 0.1) is 0 Å². The van der Waals surface area contributed by atoms with E-state index in [9.17, 15) is 4.79 Å². The molecule has 0 saturated carbocycles. The maximum atomic E-state index is 10.5. The molecule has 0 rings (SSSR count). The molecule has 0 aliphatic heterocycles. The van der Waals surface area contributed by atoms with Gasteiger partial charge < -0.3 is 4.79 Å². The highest BCUT2D eigenvalue weighted by molar-refractivity contribution is 7.99. The van der Waals surface area contributed by atoms with Crippen molar-refractivity contribution in [2.75, 3.05) is 5.75 Å². The van der Waals surface area contributed by atoms with Crippen LogP contribution in [0.1, 0.15) is 33.6 Å². The van der Waals surface area contributed by atoms with Crippen molar-refractivity contribution in [2.45, 2.75) is 38.9 Å². The third-order valence-corrected chi connectivity index (χ3v) is 2.32. The van der Waals surface area contributed by atoms with Crippen LogP contribution >= 0.6 is 11.8 Å². The van der Waals surface area contributed by atoms with E-state index in [1.54, 1.807) is 6.92 Å². The van der Waals surface area contributed by atoms with Crippen LogP contribution in [0.5, 0.6) is 0 Å². The smallest absolute Gasteiger partial charge is 0.129 e. The van der Waals surface area contributed by atoms with Gasteiger partial charge in [0.1, 0.15) is 5.78 Å². The summed E-state index contributed by atoms with van der Waals surface area (Å²) in [5.41, 5.74) is 0. The van der Waals surface area contributed by atoms with Crippen molar-refractivity contribution >= 4 is 17.5 Å². The van der Waals surface area contributed by atoms with Crippen LogP contribution in [0.2, 0.25) is 0 Å². The van der Waals surface area contributed by atoms with Gasteiger partial charge in [-0.2, -0.15) is 11.8 Å². The molecule has 0 aliphatic carbocycles. The number of thioether (sulfide) groups is 1. The van der Waals surface area contributed by atoms with Crippen LogP contribution in [0.3, 0.4) is 0 Å². The van der Waals surface area contributed by atoms with Gasteiger partial charge in [-0.1, -0.05) is 13.8 Å². The van der Waals surface area contributed by atoms with Crippen molar-refractivity contribution in [2.24, 2.45) is 0 Å². The van der Waals surface area contributed by atoms with E-state index in [2.05, 4.69) is 13.8 Å². The van der Waals surface area contributed by atoms with Crippen molar-refractivity contribution in [3.63, 3.8) is 0 Å². The number of rotatable bonds is 5. The number of carbonyl (C=O) groups is 1. The lowest BCUT2D eigenvalue weighted by molar-refractivity contribution is -0.117. The van der Waals surface area contributed by atoms with Crippen LogP contribution in [0.15, 0.2) is 0 Å². The van der Waals surface area contributed by atoms with Gasteiger partial charge in [-0.3, -0.25) is 0 Å². The Balaban J connectivity index is 2.98. The van der Waals surface area contributed by atoms with Crippen LogP contribution in [-0.2, 0) is 4.79 Å². The second-order valence-corrected chi connectivity index (χ2v) is 4.41. The van der Waals surface area contributed by atoms with Gasteiger partial charge in [-0.25, -0.2) is 0 Å². The lowest BCUT2D eigenvalue weighted by Gasteiger charge is -2.01. The Bertz CT molecular complexity index is 99.4. The Labute approximate surface area is 67.6 Å². The molecular weight excluding hydrogens is 144 g/mol. The molecule has 0 spiro atoms. The molecule has 0 unspecified atom stereocenters. The van der Waals surface area contributed by atoms with E-state index in [4.69, 9.17) is 0 Å². The SMILES string of the molecule is CC(=O)CCCSC(C)C. The summed E-state index contributed by atoms with van der Waals surface area (Å²) in [6.45, 7) is 6.01. The van der Waals surface area contributed by atoms with Crippen molar-refractivity contribution in [3.05, 3.63) is 0 Å². The fourth-order valence-electron chi connectivity index (χ4n) is 0.640. The third-order valence-electron chi connectivity index (χ3n) is 1.12. The molecule has 60 valence electrons. The summed E-state index contributed by atoms with van der Waals surface area (Å²) in [5, 5.41) is 0.701. The highest BCUT2D eigenvalue weighted by Crippen LogP contribution is 2.11. The van der Waals surface area contributed by atoms with Gasteiger partial charge in [0.2, 0.25) is 0 Å². The first-order chi connectivity index (χ1) is 4.63. The number of Topliss-reactive ketones (excluding diaryl/α,β-unsaturated/α-hetero) is 1. The average molecular weight is 160 g/mol. The second kappa shape index (κ2) is 5.78. The lowest BCUT2D eigenvalue weighted by atomic mass is 10.3. The van der Waals surface area contributed by atoms with Gasteiger partial charge in [0.25, 0.3) is 0 Å². The Morgan fingerprint density at radius 1 is 1.50 bits per heavy atom. The first kappa shape index (κ1) is 10.0. The van der Waals surface area contributed by atoms with Crippen LogP contribution in [-0.4, -0.2) is 16.8 Å². The van der Waals surface area contributed by atoms with Gasteiger partial charge in [-0.15, -0.1) is 0 Å². The summed E-state index contributed by atoms with van der Waals surface area (Å²) in [6.07, 6.45) is 1.79. The maximum absolute atomic E-state index is 10.5. The summed E-state index contributed by atoms with van der Waals surface area (Å²) in [6, 6.07) is 0. The molecule has 0 aromatic carbocycles. The largest absolute Gasteiger partial charge is 0.300 e. The molecule has 10 heavy (non-hydrogen) atoms. The van der Waals surface area contributed by atoms with Gasteiger partial charge in [0, 0.05) is 6.42 Å². The molecule has 0 aliphatic rings. The number of ketones is 1. The maximum Gasteiger partial charge on any atom is 0.129 e.